The second-order valence-electron chi connectivity index (χ2n) is 9.38. The topological polar surface area (TPSA) is 74.6 Å². The first-order valence-electron chi connectivity index (χ1n) is 11.5. The third-order valence-corrected chi connectivity index (χ3v) is 7.19. The van der Waals surface area contributed by atoms with Gasteiger partial charge in [-0.1, -0.05) is 93.4 Å². The maximum Gasteiger partial charge on any atom is 0.310 e. The van der Waals surface area contributed by atoms with Crippen LogP contribution in [0.5, 0.6) is 0 Å². The van der Waals surface area contributed by atoms with E-state index in [1.54, 1.807) is 0 Å². The fraction of sp³-hybridized carbons (Fsp3) is 0.917. The molecule has 0 aromatic heterocycles. The minimum atomic E-state index is -1.23. The summed E-state index contributed by atoms with van der Waals surface area (Å²) in [6.45, 7) is 14.7. The molecule has 0 bridgehead atoms. The summed E-state index contributed by atoms with van der Waals surface area (Å²) in [6.07, 6.45) is 8.26. The first-order valence-corrected chi connectivity index (χ1v) is 11.5. The van der Waals surface area contributed by atoms with Gasteiger partial charge in [-0.05, 0) is 36.0 Å². The molecule has 3 atom stereocenters. The molecule has 0 heterocycles. The summed E-state index contributed by atoms with van der Waals surface area (Å²) in [6, 6.07) is 0. The molecule has 0 fully saturated rings. The van der Waals surface area contributed by atoms with Gasteiger partial charge in [0, 0.05) is 0 Å². The van der Waals surface area contributed by atoms with Crippen molar-refractivity contribution in [3.05, 3.63) is 0 Å². The number of hydrogen-bond acceptors (Lipinski definition) is 2. The van der Waals surface area contributed by atoms with E-state index >= 15 is 0 Å². The molecular formula is C24H46O4. The van der Waals surface area contributed by atoms with E-state index in [2.05, 4.69) is 34.6 Å². The Bertz CT molecular complexity index is 461. The van der Waals surface area contributed by atoms with Crippen LogP contribution in [0.15, 0.2) is 0 Å². The highest BCUT2D eigenvalue weighted by molar-refractivity contribution is 5.82. The Morgan fingerprint density at radius 2 is 1.32 bits per heavy atom. The maximum atomic E-state index is 12.9. The van der Waals surface area contributed by atoms with Gasteiger partial charge in [0.05, 0.1) is 11.8 Å². The minimum absolute atomic E-state index is 0.128. The Hall–Kier alpha value is -1.06. The van der Waals surface area contributed by atoms with Crippen molar-refractivity contribution in [3.8, 4) is 0 Å². The normalized spacial score (nSPS) is 18.3. The number of aliphatic carboxylic acids is 2. The van der Waals surface area contributed by atoms with Crippen LogP contribution in [0.4, 0.5) is 0 Å². The standard InChI is InChI=1S/C24H46O4/c1-8-11-12-13-14-15-24(19(6)9-2,20(7)10-3)23(22(27)28,16-18(4)5)17-21(25)26/h18-20H,8-17H2,1-7H3,(H,25,26)(H,27,28). The summed E-state index contributed by atoms with van der Waals surface area (Å²) in [5, 5.41) is 20.3. The van der Waals surface area contributed by atoms with Crippen molar-refractivity contribution in [3.63, 3.8) is 0 Å². The number of unbranched alkanes of at least 4 members (excludes halogenated alkanes) is 4. The van der Waals surface area contributed by atoms with Crippen LogP contribution in [-0.4, -0.2) is 22.2 Å². The lowest BCUT2D eigenvalue weighted by atomic mass is 9.47. The third-order valence-electron chi connectivity index (χ3n) is 7.19. The van der Waals surface area contributed by atoms with Crippen molar-refractivity contribution >= 4 is 11.9 Å². The molecule has 166 valence electrons. The molecule has 28 heavy (non-hydrogen) atoms. The van der Waals surface area contributed by atoms with Crippen molar-refractivity contribution in [2.75, 3.05) is 0 Å². The van der Waals surface area contributed by atoms with Gasteiger partial charge in [0.2, 0.25) is 0 Å². The lowest BCUT2D eigenvalue weighted by Gasteiger charge is -2.55. The molecule has 0 aliphatic carbocycles. The van der Waals surface area contributed by atoms with Crippen LogP contribution in [0, 0.1) is 28.6 Å². The molecule has 0 aromatic carbocycles. The zero-order valence-corrected chi connectivity index (χ0v) is 19.5. The van der Waals surface area contributed by atoms with E-state index in [0.717, 1.165) is 38.5 Å². The smallest absolute Gasteiger partial charge is 0.310 e. The maximum absolute atomic E-state index is 12.9. The van der Waals surface area contributed by atoms with E-state index in [4.69, 9.17) is 0 Å². The van der Waals surface area contributed by atoms with Crippen LogP contribution < -0.4 is 0 Å². The largest absolute Gasteiger partial charge is 0.481 e. The Morgan fingerprint density at radius 1 is 0.821 bits per heavy atom. The Kier molecular flexibility index (Phi) is 12.0. The number of hydrogen-bond donors (Lipinski definition) is 2. The van der Waals surface area contributed by atoms with Gasteiger partial charge in [0.1, 0.15) is 0 Å². The van der Waals surface area contributed by atoms with E-state index in [1.165, 1.54) is 12.8 Å². The van der Waals surface area contributed by atoms with Crippen LogP contribution in [0.25, 0.3) is 0 Å². The van der Waals surface area contributed by atoms with Crippen molar-refractivity contribution < 1.29 is 19.8 Å². The number of carbonyl (C=O) groups is 2. The van der Waals surface area contributed by atoms with Crippen molar-refractivity contribution in [1.29, 1.82) is 0 Å². The molecule has 0 amide bonds. The van der Waals surface area contributed by atoms with Gasteiger partial charge in [-0.15, -0.1) is 0 Å². The van der Waals surface area contributed by atoms with E-state index in [9.17, 15) is 19.8 Å². The highest BCUT2D eigenvalue weighted by Crippen LogP contribution is 2.60. The van der Waals surface area contributed by atoms with Crippen molar-refractivity contribution in [1.82, 2.24) is 0 Å². The predicted molar refractivity (Wildman–Crippen MR) is 116 cm³/mol. The van der Waals surface area contributed by atoms with Gasteiger partial charge in [0.25, 0.3) is 0 Å². The molecule has 2 N–H and O–H groups in total. The molecule has 0 rings (SSSR count). The van der Waals surface area contributed by atoms with E-state index in [1.807, 2.05) is 13.8 Å². The molecule has 4 heteroatoms. The molecule has 0 saturated carbocycles. The fourth-order valence-corrected chi connectivity index (χ4v) is 5.65. The molecule has 0 radical (unpaired) electrons. The van der Waals surface area contributed by atoms with Gasteiger partial charge < -0.3 is 10.2 Å². The van der Waals surface area contributed by atoms with Crippen LogP contribution in [0.1, 0.15) is 113 Å². The highest BCUT2D eigenvalue weighted by Gasteiger charge is 2.60. The molecule has 4 nitrogen and oxygen atoms in total. The van der Waals surface area contributed by atoms with Crippen LogP contribution in [0.2, 0.25) is 0 Å². The first kappa shape index (κ1) is 26.9. The lowest BCUT2D eigenvalue weighted by Crippen LogP contribution is -2.56. The average Bonchev–Trinajstić information content (AvgIpc) is 2.62. The highest BCUT2D eigenvalue weighted by atomic mass is 16.4. The summed E-state index contributed by atoms with van der Waals surface area (Å²) in [5.74, 6) is -1.48. The molecule has 0 aliphatic rings. The predicted octanol–water partition coefficient (Wildman–Crippen LogP) is 7.02. The molecule has 0 saturated heterocycles. The Labute approximate surface area is 173 Å². The van der Waals surface area contributed by atoms with Crippen LogP contribution >= 0.6 is 0 Å². The van der Waals surface area contributed by atoms with E-state index in [-0.39, 0.29) is 24.2 Å². The second kappa shape index (κ2) is 12.5. The van der Waals surface area contributed by atoms with E-state index < -0.39 is 22.8 Å². The summed E-state index contributed by atoms with van der Waals surface area (Å²) in [7, 11) is 0. The monoisotopic (exact) mass is 398 g/mol. The van der Waals surface area contributed by atoms with Crippen molar-refractivity contribution in [2.24, 2.45) is 28.6 Å². The zero-order chi connectivity index (χ0) is 22.0. The van der Waals surface area contributed by atoms with Gasteiger partial charge in [-0.2, -0.15) is 0 Å². The second-order valence-corrected chi connectivity index (χ2v) is 9.38. The fourth-order valence-electron chi connectivity index (χ4n) is 5.65. The quantitative estimate of drug-likeness (QED) is 0.274. The minimum Gasteiger partial charge on any atom is -0.481 e. The zero-order valence-electron chi connectivity index (χ0n) is 19.5. The molecule has 3 unspecified atom stereocenters. The summed E-state index contributed by atoms with van der Waals surface area (Å²) in [5.41, 5.74) is -1.75. The molecule has 0 aromatic rings. The summed E-state index contributed by atoms with van der Waals surface area (Å²) < 4.78 is 0. The first-order chi connectivity index (χ1) is 13.0. The summed E-state index contributed by atoms with van der Waals surface area (Å²) >= 11 is 0. The molecular weight excluding hydrogens is 352 g/mol. The van der Waals surface area contributed by atoms with Gasteiger partial charge >= 0.3 is 11.9 Å². The third kappa shape index (κ3) is 6.22. The Morgan fingerprint density at radius 3 is 1.68 bits per heavy atom. The molecule has 0 aliphatic heterocycles. The number of carboxylic acid groups (broad SMARTS) is 2. The van der Waals surface area contributed by atoms with Gasteiger partial charge in [-0.3, -0.25) is 9.59 Å². The van der Waals surface area contributed by atoms with Crippen molar-refractivity contribution in [2.45, 2.75) is 113 Å². The average molecular weight is 399 g/mol. The van der Waals surface area contributed by atoms with Gasteiger partial charge in [-0.25, -0.2) is 0 Å². The van der Waals surface area contributed by atoms with Crippen LogP contribution in [-0.2, 0) is 9.59 Å². The number of rotatable bonds is 16. The van der Waals surface area contributed by atoms with Crippen LogP contribution in [0.3, 0.4) is 0 Å². The van der Waals surface area contributed by atoms with Gasteiger partial charge in [0.15, 0.2) is 0 Å². The Balaban J connectivity index is 6.46. The SMILES string of the molecule is CCCCCCCC(C(C)CC)(C(C)CC)C(CC(=O)O)(CC(C)C)C(=O)O. The molecule has 0 spiro atoms. The summed E-state index contributed by atoms with van der Waals surface area (Å²) in [4.78, 5) is 24.8. The number of carboxylic acids is 2. The van der Waals surface area contributed by atoms with E-state index in [0.29, 0.717) is 6.42 Å². The lowest BCUT2D eigenvalue weighted by molar-refractivity contribution is -0.181.